The van der Waals surface area contributed by atoms with Gasteiger partial charge in [0.05, 0.1) is 0 Å². The van der Waals surface area contributed by atoms with Gasteiger partial charge in [0, 0.05) is 29.3 Å². The van der Waals surface area contributed by atoms with Crippen molar-refractivity contribution in [1.29, 1.82) is 0 Å². The minimum atomic E-state index is 0.298. The van der Waals surface area contributed by atoms with E-state index in [1.54, 1.807) is 0 Å². The maximum absolute atomic E-state index is 6.41. The molecule has 0 spiro atoms. The number of halogens is 1. The molecular weight excluding hydrogens is 244 g/mol. The minimum absolute atomic E-state index is 0.298. The van der Waals surface area contributed by atoms with Crippen LogP contribution >= 0.6 is 11.6 Å². The summed E-state index contributed by atoms with van der Waals surface area (Å²) < 4.78 is 0. The van der Waals surface area contributed by atoms with Gasteiger partial charge in [0.2, 0.25) is 0 Å². The van der Waals surface area contributed by atoms with Gasteiger partial charge in [-0.2, -0.15) is 0 Å². The molecule has 0 bridgehead atoms. The molecule has 18 heavy (non-hydrogen) atoms. The summed E-state index contributed by atoms with van der Waals surface area (Å²) in [6.45, 7) is 5.56. The maximum Gasteiger partial charge on any atom is 0.0474 e. The van der Waals surface area contributed by atoms with Crippen molar-refractivity contribution in [2.45, 2.75) is 45.2 Å². The standard InChI is InChI=1S/C15H23ClN2/c1-4-12-6-5-9-18(12)13-7-8-14(11(2)17-3)15(16)10-13/h7-8,10-12,17H,4-6,9H2,1-3H3. The molecule has 0 saturated carbocycles. The summed E-state index contributed by atoms with van der Waals surface area (Å²) in [6.07, 6.45) is 3.82. The molecule has 1 saturated heterocycles. The second-order valence-corrected chi connectivity index (χ2v) is 5.52. The fraction of sp³-hybridized carbons (Fsp3) is 0.600. The Balaban J connectivity index is 2.23. The van der Waals surface area contributed by atoms with E-state index < -0.39 is 0 Å². The number of nitrogens with one attached hydrogen (secondary N) is 1. The summed E-state index contributed by atoms with van der Waals surface area (Å²) in [6, 6.07) is 7.48. The maximum atomic E-state index is 6.41. The number of hydrogen-bond donors (Lipinski definition) is 1. The second-order valence-electron chi connectivity index (χ2n) is 5.11. The van der Waals surface area contributed by atoms with Crippen LogP contribution in [-0.2, 0) is 0 Å². The SMILES string of the molecule is CCC1CCCN1c1ccc(C(C)NC)c(Cl)c1. The summed E-state index contributed by atoms with van der Waals surface area (Å²) in [5.74, 6) is 0. The van der Waals surface area contributed by atoms with Crippen molar-refractivity contribution < 1.29 is 0 Å². The van der Waals surface area contributed by atoms with Gasteiger partial charge in [0.15, 0.2) is 0 Å². The van der Waals surface area contributed by atoms with Crippen molar-refractivity contribution >= 4 is 17.3 Å². The first-order chi connectivity index (χ1) is 8.67. The number of hydrogen-bond acceptors (Lipinski definition) is 2. The molecule has 2 nitrogen and oxygen atoms in total. The van der Waals surface area contributed by atoms with E-state index in [9.17, 15) is 0 Å². The van der Waals surface area contributed by atoms with E-state index in [4.69, 9.17) is 11.6 Å². The molecule has 2 unspecified atom stereocenters. The van der Waals surface area contributed by atoms with Crippen LogP contribution in [0.4, 0.5) is 5.69 Å². The molecule has 0 aliphatic carbocycles. The Bertz CT molecular complexity index is 405. The van der Waals surface area contributed by atoms with E-state index in [-0.39, 0.29) is 0 Å². The van der Waals surface area contributed by atoms with Gasteiger partial charge in [0.25, 0.3) is 0 Å². The summed E-state index contributed by atoms with van der Waals surface area (Å²) in [7, 11) is 1.96. The second kappa shape index (κ2) is 5.94. The first kappa shape index (κ1) is 13.7. The predicted molar refractivity (Wildman–Crippen MR) is 79.6 cm³/mol. The van der Waals surface area contributed by atoms with Crippen LogP contribution < -0.4 is 10.2 Å². The molecular formula is C15H23ClN2. The molecule has 1 aliphatic rings. The van der Waals surface area contributed by atoms with Crippen LogP contribution in [0.25, 0.3) is 0 Å². The third-order valence-corrected chi connectivity index (χ3v) is 4.39. The molecule has 100 valence electrons. The highest BCUT2D eigenvalue weighted by molar-refractivity contribution is 6.31. The lowest BCUT2D eigenvalue weighted by molar-refractivity contribution is 0.642. The topological polar surface area (TPSA) is 15.3 Å². The molecule has 2 rings (SSSR count). The van der Waals surface area contributed by atoms with Crippen LogP contribution in [0.5, 0.6) is 0 Å². The van der Waals surface area contributed by atoms with Gasteiger partial charge in [-0.25, -0.2) is 0 Å². The molecule has 1 aliphatic heterocycles. The Morgan fingerprint density at radius 3 is 2.89 bits per heavy atom. The van der Waals surface area contributed by atoms with E-state index >= 15 is 0 Å². The Morgan fingerprint density at radius 1 is 1.50 bits per heavy atom. The molecule has 1 aromatic rings. The number of benzene rings is 1. The van der Waals surface area contributed by atoms with E-state index in [0.29, 0.717) is 12.1 Å². The Hall–Kier alpha value is -0.730. The molecule has 1 aromatic carbocycles. The van der Waals surface area contributed by atoms with Crippen LogP contribution in [0.15, 0.2) is 18.2 Å². The molecule has 3 heteroatoms. The molecule has 1 fully saturated rings. The highest BCUT2D eigenvalue weighted by Gasteiger charge is 2.23. The van der Waals surface area contributed by atoms with E-state index in [2.05, 4.69) is 42.3 Å². The Labute approximate surface area is 115 Å². The lowest BCUT2D eigenvalue weighted by Crippen LogP contribution is -2.28. The van der Waals surface area contributed by atoms with Crippen LogP contribution in [0.2, 0.25) is 5.02 Å². The molecule has 1 heterocycles. The zero-order valence-corrected chi connectivity index (χ0v) is 12.3. The largest absolute Gasteiger partial charge is 0.369 e. The number of rotatable bonds is 4. The van der Waals surface area contributed by atoms with Crippen LogP contribution in [0.3, 0.4) is 0 Å². The molecule has 0 radical (unpaired) electrons. The van der Waals surface area contributed by atoms with Gasteiger partial charge in [0.1, 0.15) is 0 Å². The van der Waals surface area contributed by atoms with Crippen LogP contribution in [0, 0.1) is 0 Å². The summed E-state index contributed by atoms with van der Waals surface area (Å²) in [5.41, 5.74) is 2.45. The van der Waals surface area contributed by atoms with Crippen molar-refractivity contribution in [1.82, 2.24) is 5.32 Å². The normalized spacial score (nSPS) is 21.3. The van der Waals surface area contributed by atoms with Gasteiger partial charge in [-0.1, -0.05) is 24.6 Å². The van der Waals surface area contributed by atoms with Crippen molar-refractivity contribution in [3.8, 4) is 0 Å². The lowest BCUT2D eigenvalue weighted by atomic mass is 10.1. The quantitative estimate of drug-likeness (QED) is 0.886. The van der Waals surface area contributed by atoms with Gasteiger partial charge in [-0.3, -0.25) is 0 Å². The smallest absolute Gasteiger partial charge is 0.0474 e. The lowest BCUT2D eigenvalue weighted by Gasteiger charge is -2.27. The van der Waals surface area contributed by atoms with Gasteiger partial charge >= 0.3 is 0 Å². The van der Waals surface area contributed by atoms with Crippen LogP contribution in [-0.4, -0.2) is 19.6 Å². The third-order valence-electron chi connectivity index (χ3n) is 4.06. The fourth-order valence-corrected chi connectivity index (χ4v) is 3.14. The minimum Gasteiger partial charge on any atom is -0.369 e. The monoisotopic (exact) mass is 266 g/mol. The van der Waals surface area contributed by atoms with E-state index in [0.717, 1.165) is 11.6 Å². The van der Waals surface area contributed by atoms with Gasteiger partial charge < -0.3 is 10.2 Å². The van der Waals surface area contributed by atoms with Crippen molar-refractivity contribution in [2.75, 3.05) is 18.5 Å². The Kier molecular flexibility index (Phi) is 4.52. The fourth-order valence-electron chi connectivity index (χ4n) is 2.80. The van der Waals surface area contributed by atoms with E-state index in [1.807, 2.05) is 7.05 Å². The molecule has 1 N–H and O–H groups in total. The van der Waals surface area contributed by atoms with Gasteiger partial charge in [-0.15, -0.1) is 0 Å². The highest BCUT2D eigenvalue weighted by Crippen LogP contribution is 2.32. The third kappa shape index (κ3) is 2.65. The number of nitrogens with zero attached hydrogens (tertiary/aromatic N) is 1. The van der Waals surface area contributed by atoms with Crippen molar-refractivity contribution in [3.63, 3.8) is 0 Å². The molecule has 2 atom stereocenters. The Morgan fingerprint density at radius 2 is 2.28 bits per heavy atom. The van der Waals surface area contributed by atoms with Crippen molar-refractivity contribution in [2.24, 2.45) is 0 Å². The highest BCUT2D eigenvalue weighted by atomic mass is 35.5. The summed E-state index contributed by atoms with van der Waals surface area (Å²) >= 11 is 6.41. The van der Waals surface area contributed by atoms with Crippen molar-refractivity contribution in [3.05, 3.63) is 28.8 Å². The predicted octanol–water partition coefficient (Wildman–Crippen LogP) is 4.00. The summed E-state index contributed by atoms with van der Waals surface area (Å²) in [5, 5.41) is 4.10. The first-order valence-corrected chi connectivity index (χ1v) is 7.28. The zero-order valence-electron chi connectivity index (χ0n) is 11.5. The first-order valence-electron chi connectivity index (χ1n) is 6.90. The summed E-state index contributed by atoms with van der Waals surface area (Å²) in [4.78, 5) is 2.50. The molecule has 0 aromatic heterocycles. The van der Waals surface area contributed by atoms with Gasteiger partial charge in [-0.05, 0) is 50.9 Å². The number of anilines is 1. The van der Waals surface area contributed by atoms with E-state index in [1.165, 1.54) is 30.5 Å². The van der Waals surface area contributed by atoms with Crippen LogP contribution in [0.1, 0.15) is 44.7 Å². The average molecular weight is 267 g/mol. The average Bonchev–Trinajstić information content (AvgIpc) is 2.86. The molecule has 0 amide bonds. The zero-order chi connectivity index (χ0) is 13.1.